The molecule has 1 heterocycles. The van der Waals surface area contributed by atoms with Crippen molar-refractivity contribution in [3.63, 3.8) is 0 Å². The molecule has 0 aromatic heterocycles. The molecule has 1 saturated heterocycles. The molecule has 29 heavy (non-hydrogen) atoms. The maximum Gasteiger partial charge on any atom is 0.243 e. The van der Waals surface area contributed by atoms with E-state index in [1.807, 2.05) is 0 Å². The lowest BCUT2D eigenvalue weighted by atomic mass is 10.1. The molecule has 1 fully saturated rings. The second kappa shape index (κ2) is 8.79. The van der Waals surface area contributed by atoms with Crippen LogP contribution in [-0.4, -0.2) is 47.4 Å². The Bertz CT molecular complexity index is 1080. The van der Waals surface area contributed by atoms with E-state index in [0.29, 0.717) is 18.6 Å². The summed E-state index contributed by atoms with van der Waals surface area (Å²) < 4.78 is 59.9. The fraction of sp³-hybridized carbons (Fsp3) is 0.333. The van der Waals surface area contributed by atoms with Gasteiger partial charge in [-0.2, -0.15) is 4.31 Å². The Labute approximate surface area is 180 Å². The lowest BCUT2D eigenvalue weighted by Crippen LogP contribution is -2.46. The molecule has 0 radical (unpaired) electrons. The Morgan fingerprint density at radius 1 is 1.00 bits per heavy atom. The summed E-state index contributed by atoms with van der Waals surface area (Å²) in [5, 5.41) is 0.108. The molecule has 1 aliphatic heterocycles. The molecule has 2 aromatic carbocycles. The van der Waals surface area contributed by atoms with E-state index in [4.69, 9.17) is 27.9 Å². The van der Waals surface area contributed by atoms with Crippen molar-refractivity contribution in [3.05, 3.63) is 52.5 Å². The van der Waals surface area contributed by atoms with E-state index >= 15 is 0 Å². The van der Waals surface area contributed by atoms with E-state index in [2.05, 4.69) is 4.72 Å². The van der Waals surface area contributed by atoms with E-state index in [0.717, 1.165) is 0 Å². The molecule has 0 unspecified atom stereocenters. The third-order valence-electron chi connectivity index (χ3n) is 4.68. The summed E-state index contributed by atoms with van der Waals surface area (Å²) >= 11 is 11.9. The highest BCUT2D eigenvalue weighted by molar-refractivity contribution is 7.89. The first-order valence-electron chi connectivity index (χ1n) is 8.75. The Balaban J connectivity index is 1.67. The van der Waals surface area contributed by atoms with Gasteiger partial charge in [0.15, 0.2) is 0 Å². The second-order valence-electron chi connectivity index (χ2n) is 6.53. The van der Waals surface area contributed by atoms with Crippen LogP contribution in [-0.2, 0) is 20.0 Å². The minimum Gasteiger partial charge on any atom is -0.497 e. The molecular formula is C18H20Cl2N2O5S2. The minimum atomic E-state index is -3.87. The lowest BCUT2D eigenvalue weighted by Gasteiger charge is -2.31. The third-order valence-corrected chi connectivity index (χ3v) is 9.09. The van der Waals surface area contributed by atoms with Crippen molar-refractivity contribution < 1.29 is 21.6 Å². The highest BCUT2D eigenvalue weighted by atomic mass is 35.5. The standard InChI is InChI=1S/C18H20Cl2N2O5S2/c1-27-14-5-7-15(8-6-14)29(25,26)22-11-9-13(10-12-22)21-28(23,24)17-4-2-3-16(19)18(17)20/h2-8,13,21H,9-12H2,1H3. The molecule has 3 rings (SSSR count). The van der Waals surface area contributed by atoms with Crippen LogP contribution >= 0.6 is 23.2 Å². The van der Waals surface area contributed by atoms with Crippen molar-refractivity contribution >= 4 is 43.2 Å². The summed E-state index contributed by atoms with van der Waals surface area (Å²) in [6.07, 6.45) is 0.680. The lowest BCUT2D eigenvalue weighted by molar-refractivity contribution is 0.308. The van der Waals surface area contributed by atoms with Crippen molar-refractivity contribution in [2.24, 2.45) is 0 Å². The van der Waals surface area contributed by atoms with Gasteiger partial charge in [0.2, 0.25) is 20.0 Å². The largest absolute Gasteiger partial charge is 0.497 e. The van der Waals surface area contributed by atoms with Gasteiger partial charge in [-0.15, -0.1) is 0 Å². The van der Waals surface area contributed by atoms with Gasteiger partial charge >= 0.3 is 0 Å². The van der Waals surface area contributed by atoms with Crippen molar-refractivity contribution in [2.45, 2.75) is 28.7 Å². The summed E-state index contributed by atoms with van der Waals surface area (Å²) in [6.45, 7) is 0.398. The second-order valence-corrected chi connectivity index (χ2v) is 10.9. The first kappa shape index (κ1) is 22.3. The van der Waals surface area contributed by atoms with Gasteiger partial charge in [-0.3, -0.25) is 0 Å². The van der Waals surface area contributed by atoms with Gasteiger partial charge in [0.1, 0.15) is 10.6 Å². The summed E-state index contributed by atoms with van der Waals surface area (Å²) in [4.78, 5) is 0.0722. The van der Waals surface area contributed by atoms with Crippen LogP contribution in [0.1, 0.15) is 12.8 Å². The Morgan fingerprint density at radius 2 is 1.62 bits per heavy atom. The van der Waals surface area contributed by atoms with Crippen LogP contribution in [0.3, 0.4) is 0 Å². The number of sulfonamides is 2. The van der Waals surface area contributed by atoms with Gasteiger partial charge in [0.05, 0.1) is 22.1 Å². The first-order chi connectivity index (χ1) is 13.6. The molecular weight excluding hydrogens is 459 g/mol. The molecule has 0 atom stereocenters. The number of rotatable bonds is 6. The van der Waals surface area contributed by atoms with Gasteiger partial charge < -0.3 is 4.74 Å². The topological polar surface area (TPSA) is 92.8 Å². The Morgan fingerprint density at radius 3 is 2.21 bits per heavy atom. The van der Waals surface area contributed by atoms with Crippen LogP contribution in [0, 0.1) is 0 Å². The Kier molecular flexibility index (Phi) is 6.77. The van der Waals surface area contributed by atoms with Crippen LogP contribution in [0.2, 0.25) is 10.0 Å². The molecule has 0 saturated carbocycles. The number of nitrogens with one attached hydrogen (secondary N) is 1. The molecule has 0 spiro atoms. The minimum absolute atomic E-state index is 0.0406. The van der Waals surface area contributed by atoms with Crippen LogP contribution in [0.5, 0.6) is 5.75 Å². The highest BCUT2D eigenvalue weighted by Gasteiger charge is 2.32. The van der Waals surface area contributed by atoms with Gasteiger partial charge in [0.25, 0.3) is 0 Å². The maximum absolute atomic E-state index is 12.8. The van der Waals surface area contributed by atoms with Crippen molar-refractivity contribution in [1.82, 2.24) is 9.03 Å². The van der Waals surface area contributed by atoms with Crippen LogP contribution < -0.4 is 9.46 Å². The number of halogens is 2. The molecule has 7 nitrogen and oxygen atoms in total. The summed E-state index contributed by atoms with van der Waals surface area (Å²) in [6, 6.07) is 10.1. The quantitative estimate of drug-likeness (QED) is 0.688. The van der Waals surface area contributed by atoms with Crippen LogP contribution in [0.4, 0.5) is 0 Å². The maximum atomic E-state index is 12.8. The average molecular weight is 479 g/mol. The predicted molar refractivity (Wildman–Crippen MR) is 112 cm³/mol. The first-order valence-corrected chi connectivity index (χ1v) is 12.4. The van der Waals surface area contributed by atoms with E-state index in [1.54, 1.807) is 12.1 Å². The summed E-state index contributed by atoms with van der Waals surface area (Å²) in [5.74, 6) is 0.566. The molecule has 2 aromatic rings. The molecule has 1 aliphatic rings. The van der Waals surface area contributed by atoms with Gasteiger partial charge in [-0.1, -0.05) is 29.3 Å². The number of methoxy groups -OCH3 is 1. The fourth-order valence-corrected chi connectivity index (χ4v) is 6.62. The van der Waals surface area contributed by atoms with Crippen LogP contribution in [0.25, 0.3) is 0 Å². The number of hydrogen-bond donors (Lipinski definition) is 1. The monoisotopic (exact) mass is 478 g/mol. The van der Waals surface area contributed by atoms with Gasteiger partial charge in [0, 0.05) is 19.1 Å². The van der Waals surface area contributed by atoms with E-state index in [9.17, 15) is 16.8 Å². The zero-order valence-electron chi connectivity index (χ0n) is 15.5. The van der Waals surface area contributed by atoms with E-state index in [1.165, 1.54) is 41.7 Å². The summed E-state index contributed by atoms with van der Waals surface area (Å²) in [5.41, 5.74) is 0. The van der Waals surface area contributed by atoms with Crippen molar-refractivity contribution in [2.75, 3.05) is 20.2 Å². The number of benzene rings is 2. The smallest absolute Gasteiger partial charge is 0.243 e. The van der Waals surface area contributed by atoms with E-state index < -0.39 is 26.1 Å². The SMILES string of the molecule is COc1ccc(S(=O)(=O)N2CCC(NS(=O)(=O)c3cccc(Cl)c3Cl)CC2)cc1. The fourth-order valence-electron chi connectivity index (χ4n) is 3.09. The number of hydrogen-bond acceptors (Lipinski definition) is 5. The average Bonchev–Trinajstić information content (AvgIpc) is 2.70. The molecule has 0 bridgehead atoms. The zero-order valence-corrected chi connectivity index (χ0v) is 18.7. The number of ether oxygens (including phenoxy) is 1. The highest BCUT2D eigenvalue weighted by Crippen LogP contribution is 2.30. The Hall–Kier alpha value is -1.36. The third kappa shape index (κ3) is 4.87. The summed E-state index contributed by atoms with van der Waals surface area (Å²) in [7, 11) is -6.02. The number of piperidine rings is 1. The molecule has 0 aliphatic carbocycles. The molecule has 1 N–H and O–H groups in total. The van der Waals surface area contributed by atoms with Crippen molar-refractivity contribution in [1.29, 1.82) is 0 Å². The zero-order chi connectivity index (χ0) is 21.2. The number of nitrogens with zero attached hydrogens (tertiary/aromatic N) is 1. The van der Waals surface area contributed by atoms with Gasteiger partial charge in [-0.25, -0.2) is 21.6 Å². The molecule has 0 amide bonds. The predicted octanol–water partition coefficient (Wildman–Crippen LogP) is 3.13. The van der Waals surface area contributed by atoms with Gasteiger partial charge in [-0.05, 0) is 49.2 Å². The van der Waals surface area contributed by atoms with E-state index in [-0.39, 0.29) is 32.9 Å². The van der Waals surface area contributed by atoms with Crippen molar-refractivity contribution in [3.8, 4) is 5.75 Å². The molecule has 158 valence electrons. The molecule has 11 heteroatoms. The van der Waals surface area contributed by atoms with Crippen LogP contribution in [0.15, 0.2) is 52.3 Å². The normalized spacial score (nSPS) is 16.7.